The summed E-state index contributed by atoms with van der Waals surface area (Å²) in [6, 6.07) is -0.0334. The van der Waals surface area contributed by atoms with Gasteiger partial charge in [0.1, 0.15) is 0 Å². The third kappa shape index (κ3) is 3.13. The number of anilines is 1. The van der Waals surface area contributed by atoms with Gasteiger partial charge in [-0.1, -0.05) is 13.8 Å². The Kier molecular flexibility index (Phi) is 3.96. The van der Waals surface area contributed by atoms with Crippen molar-refractivity contribution in [2.75, 3.05) is 11.9 Å². The molecule has 0 aliphatic carbocycles. The second-order valence-electron chi connectivity index (χ2n) is 3.98. The Morgan fingerprint density at radius 1 is 1.20 bits per heavy atom. The number of aryl methyl sites for hydroxylation is 2. The zero-order valence-electron chi connectivity index (χ0n) is 9.65. The van der Waals surface area contributed by atoms with E-state index >= 15 is 0 Å². The van der Waals surface area contributed by atoms with Crippen LogP contribution in [0, 0.1) is 19.8 Å². The van der Waals surface area contributed by atoms with Crippen molar-refractivity contribution in [3.63, 3.8) is 0 Å². The smallest absolute Gasteiger partial charge is 0.243 e. The van der Waals surface area contributed by atoms with E-state index in [2.05, 4.69) is 20.5 Å². The summed E-state index contributed by atoms with van der Waals surface area (Å²) in [5, 5.41) is 20.1. The Labute approximate surface area is 90.0 Å². The van der Waals surface area contributed by atoms with E-state index in [1.165, 1.54) is 0 Å². The standard InChI is InChI=1S/C10H18N4O/c1-6(2)9(5-15)12-10-11-7(3)8(4)13-14-10/h6,9,15H,5H2,1-4H3,(H,11,12,14)/t9-/m1/s1. The summed E-state index contributed by atoms with van der Waals surface area (Å²) in [7, 11) is 0. The van der Waals surface area contributed by atoms with E-state index in [0.29, 0.717) is 11.9 Å². The molecule has 1 aromatic heterocycles. The Morgan fingerprint density at radius 2 is 1.87 bits per heavy atom. The Balaban J connectivity index is 2.75. The first-order chi connectivity index (χ1) is 7.04. The van der Waals surface area contributed by atoms with Crippen LogP contribution in [0.5, 0.6) is 0 Å². The molecule has 0 aliphatic heterocycles. The summed E-state index contributed by atoms with van der Waals surface area (Å²) in [4.78, 5) is 4.25. The fourth-order valence-corrected chi connectivity index (χ4v) is 1.11. The fraction of sp³-hybridized carbons (Fsp3) is 0.700. The van der Waals surface area contributed by atoms with E-state index in [1.54, 1.807) is 0 Å². The lowest BCUT2D eigenvalue weighted by atomic mass is 10.1. The van der Waals surface area contributed by atoms with Gasteiger partial charge in [0.15, 0.2) is 0 Å². The van der Waals surface area contributed by atoms with Gasteiger partial charge in [0, 0.05) is 0 Å². The van der Waals surface area contributed by atoms with Gasteiger partial charge in [-0.15, -0.1) is 5.10 Å². The number of hydrogen-bond donors (Lipinski definition) is 2. The van der Waals surface area contributed by atoms with Gasteiger partial charge in [-0.25, -0.2) is 4.98 Å². The molecule has 0 spiro atoms. The van der Waals surface area contributed by atoms with Crippen molar-refractivity contribution in [1.29, 1.82) is 0 Å². The Hall–Kier alpha value is -1.23. The molecule has 0 saturated carbocycles. The maximum absolute atomic E-state index is 9.14. The van der Waals surface area contributed by atoms with Gasteiger partial charge in [-0.3, -0.25) is 0 Å². The number of aromatic nitrogens is 3. The SMILES string of the molecule is Cc1nnc(N[C@H](CO)C(C)C)nc1C. The van der Waals surface area contributed by atoms with E-state index in [9.17, 15) is 0 Å². The monoisotopic (exact) mass is 210 g/mol. The molecule has 0 unspecified atom stereocenters. The lowest BCUT2D eigenvalue weighted by molar-refractivity contribution is 0.248. The molecule has 0 bridgehead atoms. The van der Waals surface area contributed by atoms with Gasteiger partial charge < -0.3 is 10.4 Å². The summed E-state index contributed by atoms with van der Waals surface area (Å²) >= 11 is 0. The molecule has 0 aliphatic rings. The van der Waals surface area contributed by atoms with E-state index in [-0.39, 0.29) is 12.6 Å². The van der Waals surface area contributed by atoms with Crippen molar-refractivity contribution >= 4 is 5.95 Å². The van der Waals surface area contributed by atoms with E-state index in [4.69, 9.17) is 5.11 Å². The molecule has 1 atom stereocenters. The fourth-order valence-electron chi connectivity index (χ4n) is 1.11. The van der Waals surface area contributed by atoms with Crippen molar-refractivity contribution < 1.29 is 5.11 Å². The highest BCUT2D eigenvalue weighted by molar-refractivity contribution is 5.26. The van der Waals surface area contributed by atoms with Crippen LogP contribution in [0.15, 0.2) is 0 Å². The molecule has 0 radical (unpaired) electrons. The molecule has 84 valence electrons. The minimum atomic E-state index is -0.0334. The van der Waals surface area contributed by atoms with Crippen molar-refractivity contribution in [3.8, 4) is 0 Å². The zero-order valence-corrected chi connectivity index (χ0v) is 9.65. The van der Waals surface area contributed by atoms with Gasteiger partial charge in [0.25, 0.3) is 0 Å². The molecular formula is C10H18N4O. The first-order valence-electron chi connectivity index (χ1n) is 5.10. The van der Waals surface area contributed by atoms with Crippen LogP contribution in [0.2, 0.25) is 0 Å². The maximum atomic E-state index is 9.14. The van der Waals surface area contributed by atoms with Crippen LogP contribution in [0.3, 0.4) is 0 Å². The van der Waals surface area contributed by atoms with Crippen LogP contribution in [0.1, 0.15) is 25.2 Å². The predicted molar refractivity (Wildman–Crippen MR) is 58.6 cm³/mol. The van der Waals surface area contributed by atoms with E-state index in [1.807, 2.05) is 27.7 Å². The molecule has 0 amide bonds. The highest BCUT2D eigenvalue weighted by Gasteiger charge is 2.13. The molecule has 1 rings (SSSR count). The third-order valence-electron chi connectivity index (χ3n) is 2.41. The van der Waals surface area contributed by atoms with Crippen LogP contribution in [-0.4, -0.2) is 32.9 Å². The second kappa shape index (κ2) is 5.02. The van der Waals surface area contributed by atoms with Crippen LogP contribution in [0.25, 0.3) is 0 Å². The molecule has 0 fully saturated rings. The summed E-state index contributed by atoms with van der Waals surface area (Å²) in [5.74, 6) is 0.797. The molecule has 15 heavy (non-hydrogen) atoms. The summed E-state index contributed by atoms with van der Waals surface area (Å²) in [5.41, 5.74) is 1.68. The van der Waals surface area contributed by atoms with Crippen molar-refractivity contribution in [3.05, 3.63) is 11.4 Å². The summed E-state index contributed by atoms with van der Waals surface area (Å²) in [6.07, 6.45) is 0. The van der Waals surface area contributed by atoms with Crippen LogP contribution >= 0.6 is 0 Å². The number of nitrogens with zero attached hydrogens (tertiary/aromatic N) is 3. The number of nitrogens with one attached hydrogen (secondary N) is 1. The normalized spacial score (nSPS) is 12.9. The molecule has 2 N–H and O–H groups in total. The van der Waals surface area contributed by atoms with E-state index < -0.39 is 0 Å². The minimum Gasteiger partial charge on any atom is -0.394 e. The van der Waals surface area contributed by atoms with Gasteiger partial charge in [0.05, 0.1) is 24.0 Å². The lowest BCUT2D eigenvalue weighted by Crippen LogP contribution is -2.30. The first-order valence-corrected chi connectivity index (χ1v) is 5.10. The van der Waals surface area contributed by atoms with Crippen LogP contribution in [-0.2, 0) is 0 Å². The van der Waals surface area contributed by atoms with Crippen molar-refractivity contribution in [2.45, 2.75) is 33.7 Å². The largest absolute Gasteiger partial charge is 0.394 e. The highest BCUT2D eigenvalue weighted by Crippen LogP contribution is 2.08. The van der Waals surface area contributed by atoms with Crippen LogP contribution in [0.4, 0.5) is 5.95 Å². The minimum absolute atomic E-state index is 0.0334. The van der Waals surface area contributed by atoms with E-state index in [0.717, 1.165) is 11.4 Å². The molecule has 5 heteroatoms. The summed E-state index contributed by atoms with van der Waals surface area (Å²) < 4.78 is 0. The van der Waals surface area contributed by atoms with Gasteiger partial charge in [0.2, 0.25) is 5.95 Å². The Morgan fingerprint density at radius 3 is 2.33 bits per heavy atom. The molecule has 1 aromatic rings. The summed E-state index contributed by atoms with van der Waals surface area (Å²) in [6.45, 7) is 7.88. The second-order valence-corrected chi connectivity index (χ2v) is 3.98. The Bertz CT molecular complexity index is 327. The zero-order chi connectivity index (χ0) is 11.4. The van der Waals surface area contributed by atoms with Gasteiger partial charge in [-0.05, 0) is 19.8 Å². The van der Waals surface area contributed by atoms with Gasteiger partial charge >= 0.3 is 0 Å². The average molecular weight is 210 g/mol. The van der Waals surface area contributed by atoms with Crippen LogP contribution < -0.4 is 5.32 Å². The maximum Gasteiger partial charge on any atom is 0.243 e. The molecular weight excluding hydrogens is 192 g/mol. The number of hydrogen-bond acceptors (Lipinski definition) is 5. The first kappa shape index (κ1) is 11.8. The number of rotatable bonds is 4. The molecule has 1 heterocycles. The predicted octanol–water partition coefficient (Wildman–Crippen LogP) is 0.917. The molecule has 5 nitrogen and oxygen atoms in total. The number of aliphatic hydroxyl groups excluding tert-OH is 1. The van der Waals surface area contributed by atoms with Crippen molar-refractivity contribution in [2.24, 2.45) is 5.92 Å². The quantitative estimate of drug-likeness (QED) is 0.773. The van der Waals surface area contributed by atoms with Gasteiger partial charge in [-0.2, -0.15) is 5.10 Å². The topological polar surface area (TPSA) is 70.9 Å². The molecule has 0 aromatic carbocycles. The lowest BCUT2D eigenvalue weighted by Gasteiger charge is -2.19. The molecule has 0 saturated heterocycles. The third-order valence-corrected chi connectivity index (χ3v) is 2.41. The number of aliphatic hydroxyl groups is 1. The highest BCUT2D eigenvalue weighted by atomic mass is 16.3. The average Bonchev–Trinajstić information content (AvgIpc) is 2.19. The van der Waals surface area contributed by atoms with Crippen molar-refractivity contribution in [1.82, 2.24) is 15.2 Å².